The summed E-state index contributed by atoms with van der Waals surface area (Å²) in [4.78, 5) is 40.5. The Morgan fingerprint density at radius 3 is 2.23 bits per heavy atom. The standard InChI is InChI=1S/C24H33N3O3/c28-22(12-15-27-23(29)20-10-4-5-11-21(20)24(27)30)25-16-18-8-2-3-9-19(18)17-26-13-6-1-7-14-26/h2-3,8-9,20-21H,1,4-7,10-17H2,(H,25,28)/p+1/t20-,21-/m1/s1. The number of nitrogens with one attached hydrogen (secondary N) is 2. The van der Waals surface area contributed by atoms with Gasteiger partial charge < -0.3 is 10.2 Å². The van der Waals surface area contributed by atoms with E-state index >= 15 is 0 Å². The van der Waals surface area contributed by atoms with Gasteiger partial charge in [-0.15, -0.1) is 0 Å². The van der Waals surface area contributed by atoms with Crippen LogP contribution in [0.1, 0.15) is 62.5 Å². The Morgan fingerprint density at radius 1 is 0.933 bits per heavy atom. The molecule has 2 N–H and O–H groups in total. The Bertz CT molecular complexity index is 764. The van der Waals surface area contributed by atoms with E-state index < -0.39 is 0 Å². The molecule has 3 aliphatic rings. The number of quaternary nitrogens is 1. The molecule has 0 bridgehead atoms. The maximum Gasteiger partial charge on any atom is 0.233 e. The molecule has 1 aromatic rings. The van der Waals surface area contributed by atoms with Crippen molar-refractivity contribution in [3.05, 3.63) is 35.4 Å². The van der Waals surface area contributed by atoms with Gasteiger partial charge in [-0.05, 0) is 37.7 Å². The second kappa shape index (κ2) is 9.73. The second-order valence-corrected chi connectivity index (χ2v) is 9.11. The Morgan fingerprint density at radius 2 is 1.57 bits per heavy atom. The molecule has 3 fully saturated rings. The monoisotopic (exact) mass is 412 g/mol. The zero-order valence-electron chi connectivity index (χ0n) is 17.8. The lowest BCUT2D eigenvalue weighted by molar-refractivity contribution is -0.918. The molecule has 0 radical (unpaired) electrons. The molecule has 2 saturated heterocycles. The van der Waals surface area contributed by atoms with Crippen molar-refractivity contribution in [3.8, 4) is 0 Å². The lowest BCUT2D eigenvalue weighted by Gasteiger charge is -2.24. The third-order valence-electron chi connectivity index (χ3n) is 7.09. The minimum atomic E-state index is -0.140. The van der Waals surface area contributed by atoms with Crippen LogP contribution in [0.4, 0.5) is 0 Å². The number of imide groups is 1. The number of hydrogen-bond acceptors (Lipinski definition) is 3. The summed E-state index contributed by atoms with van der Waals surface area (Å²) in [5.74, 6) is -0.512. The van der Waals surface area contributed by atoms with E-state index in [2.05, 4.69) is 23.5 Å². The molecule has 1 aliphatic carbocycles. The van der Waals surface area contributed by atoms with Crippen molar-refractivity contribution < 1.29 is 19.3 Å². The number of likely N-dealkylation sites (tertiary alicyclic amines) is 2. The van der Waals surface area contributed by atoms with Crippen molar-refractivity contribution in [1.82, 2.24) is 10.2 Å². The van der Waals surface area contributed by atoms with Crippen LogP contribution in [-0.4, -0.2) is 42.3 Å². The van der Waals surface area contributed by atoms with Crippen LogP contribution in [0.2, 0.25) is 0 Å². The van der Waals surface area contributed by atoms with Crippen LogP contribution in [-0.2, 0) is 27.5 Å². The molecule has 2 heterocycles. The average Bonchev–Trinajstić information content (AvgIpc) is 3.02. The molecule has 0 spiro atoms. The number of carbonyl (C=O) groups excluding carboxylic acids is 3. The first kappa shape index (κ1) is 21.0. The van der Waals surface area contributed by atoms with Gasteiger partial charge in [0.15, 0.2) is 0 Å². The molecule has 2 atom stereocenters. The van der Waals surface area contributed by atoms with E-state index in [-0.39, 0.29) is 42.5 Å². The molecule has 3 amide bonds. The molecule has 0 unspecified atom stereocenters. The molecule has 0 aromatic heterocycles. The number of nitrogens with zero attached hydrogens (tertiary/aromatic N) is 1. The molecular formula is C24H34N3O3+. The highest BCUT2D eigenvalue weighted by molar-refractivity contribution is 6.05. The normalized spacial score (nSPS) is 24.7. The zero-order valence-corrected chi connectivity index (χ0v) is 17.8. The van der Waals surface area contributed by atoms with Gasteiger partial charge in [-0.3, -0.25) is 19.3 Å². The molecule has 4 rings (SSSR count). The molecule has 162 valence electrons. The summed E-state index contributed by atoms with van der Waals surface area (Å²) < 4.78 is 0. The quantitative estimate of drug-likeness (QED) is 0.666. The van der Waals surface area contributed by atoms with Gasteiger partial charge in [0.25, 0.3) is 0 Å². The van der Waals surface area contributed by atoms with E-state index in [9.17, 15) is 14.4 Å². The highest BCUT2D eigenvalue weighted by atomic mass is 16.2. The van der Waals surface area contributed by atoms with Gasteiger partial charge in [-0.2, -0.15) is 0 Å². The number of fused-ring (bicyclic) bond motifs is 1. The van der Waals surface area contributed by atoms with E-state index in [4.69, 9.17) is 0 Å². The van der Waals surface area contributed by atoms with Crippen molar-refractivity contribution in [2.24, 2.45) is 11.8 Å². The molecule has 6 nitrogen and oxygen atoms in total. The molecule has 1 saturated carbocycles. The van der Waals surface area contributed by atoms with Crippen LogP contribution in [0.15, 0.2) is 24.3 Å². The van der Waals surface area contributed by atoms with E-state index in [1.165, 1.54) is 42.8 Å². The topological polar surface area (TPSA) is 70.9 Å². The van der Waals surface area contributed by atoms with Crippen LogP contribution in [0.5, 0.6) is 0 Å². The van der Waals surface area contributed by atoms with Crippen molar-refractivity contribution in [2.75, 3.05) is 19.6 Å². The predicted octanol–water partition coefficient (Wildman–Crippen LogP) is 1.44. The Labute approximate surface area is 179 Å². The third-order valence-corrected chi connectivity index (χ3v) is 7.09. The van der Waals surface area contributed by atoms with Gasteiger partial charge in [0.05, 0.1) is 24.9 Å². The molecule has 30 heavy (non-hydrogen) atoms. The van der Waals surface area contributed by atoms with Crippen molar-refractivity contribution in [2.45, 2.75) is 64.5 Å². The fourth-order valence-electron chi connectivity index (χ4n) is 5.35. The number of hydrogen-bond donors (Lipinski definition) is 2. The SMILES string of the molecule is O=C(CCN1C(=O)[C@@H]2CCCC[C@H]2C1=O)NCc1ccccc1C[NH+]1CCCCC1. The van der Waals surface area contributed by atoms with E-state index in [0.717, 1.165) is 37.8 Å². The fraction of sp³-hybridized carbons (Fsp3) is 0.625. The summed E-state index contributed by atoms with van der Waals surface area (Å²) in [6.45, 7) is 4.15. The highest BCUT2D eigenvalue weighted by Gasteiger charge is 2.47. The minimum Gasteiger partial charge on any atom is -0.352 e. The first-order chi connectivity index (χ1) is 14.6. The Balaban J connectivity index is 1.27. The van der Waals surface area contributed by atoms with Gasteiger partial charge in [-0.25, -0.2) is 0 Å². The summed E-state index contributed by atoms with van der Waals surface area (Å²) in [6, 6.07) is 8.32. The lowest BCUT2D eigenvalue weighted by atomic mass is 9.81. The maximum absolute atomic E-state index is 12.5. The summed E-state index contributed by atoms with van der Waals surface area (Å²) >= 11 is 0. The van der Waals surface area contributed by atoms with E-state index in [0.29, 0.717) is 6.54 Å². The Hall–Kier alpha value is -2.21. The smallest absolute Gasteiger partial charge is 0.233 e. The van der Waals surface area contributed by atoms with Crippen LogP contribution < -0.4 is 10.2 Å². The molecular weight excluding hydrogens is 378 g/mol. The summed E-state index contributed by atoms with van der Waals surface area (Å²) in [6.07, 6.45) is 7.77. The van der Waals surface area contributed by atoms with Crippen molar-refractivity contribution in [3.63, 3.8) is 0 Å². The van der Waals surface area contributed by atoms with Gasteiger partial charge in [0.2, 0.25) is 17.7 Å². The van der Waals surface area contributed by atoms with Gasteiger partial charge >= 0.3 is 0 Å². The third kappa shape index (κ3) is 4.75. The molecule has 6 heteroatoms. The van der Waals surface area contributed by atoms with Crippen molar-refractivity contribution >= 4 is 17.7 Å². The molecule has 2 aliphatic heterocycles. The fourth-order valence-corrected chi connectivity index (χ4v) is 5.35. The average molecular weight is 413 g/mol. The highest BCUT2D eigenvalue weighted by Crippen LogP contribution is 2.37. The maximum atomic E-state index is 12.5. The van der Waals surface area contributed by atoms with Crippen molar-refractivity contribution in [1.29, 1.82) is 0 Å². The summed E-state index contributed by atoms with van der Waals surface area (Å²) in [5.41, 5.74) is 2.45. The number of rotatable bonds is 7. The van der Waals surface area contributed by atoms with Crippen LogP contribution in [0.25, 0.3) is 0 Å². The minimum absolute atomic E-state index is 0.0626. The van der Waals surface area contributed by atoms with Gasteiger partial charge in [-0.1, -0.05) is 37.1 Å². The van der Waals surface area contributed by atoms with Gasteiger partial charge in [0.1, 0.15) is 6.54 Å². The van der Waals surface area contributed by atoms with E-state index in [1.807, 2.05) is 6.07 Å². The van der Waals surface area contributed by atoms with Gasteiger partial charge in [0, 0.05) is 25.1 Å². The second-order valence-electron chi connectivity index (χ2n) is 9.11. The Kier molecular flexibility index (Phi) is 6.82. The van der Waals surface area contributed by atoms with Crippen LogP contribution >= 0.6 is 0 Å². The predicted molar refractivity (Wildman–Crippen MR) is 113 cm³/mol. The molecule has 1 aromatic carbocycles. The first-order valence-electron chi connectivity index (χ1n) is 11.7. The van der Waals surface area contributed by atoms with Crippen LogP contribution in [0, 0.1) is 11.8 Å². The number of benzene rings is 1. The largest absolute Gasteiger partial charge is 0.352 e. The number of carbonyl (C=O) groups is 3. The summed E-state index contributed by atoms with van der Waals surface area (Å²) in [7, 11) is 0. The number of amides is 3. The zero-order chi connectivity index (χ0) is 20.9. The number of piperidine rings is 1. The van der Waals surface area contributed by atoms with E-state index in [1.54, 1.807) is 4.90 Å². The van der Waals surface area contributed by atoms with Crippen LogP contribution in [0.3, 0.4) is 0 Å². The summed E-state index contributed by atoms with van der Waals surface area (Å²) in [5, 5.41) is 3.00. The lowest BCUT2D eigenvalue weighted by Crippen LogP contribution is -3.11. The first-order valence-corrected chi connectivity index (χ1v) is 11.7.